The minimum Gasteiger partial charge on any atom is -0.508 e. The minimum atomic E-state index is -5.06. The maximum Gasteiger partial charge on any atom is 0.397 e. The molecule has 8 amide bonds. The maximum atomic E-state index is 15.2. The zero-order chi connectivity index (χ0) is 59.9. The smallest absolute Gasteiger partial charge is 0.397 e. The van der Waals surface area contributed by atoms with Gasteiger partial charge in [-0.3, -0.25) is 42.9 Å². The van der Waals surface area contributed by atoms with E-state index in [4.69, 9.17) is 14.0 Å². The summed E-state index contributed by atoms with van der Waals surface area (Å²) in [5, 5.41) is 45.0. The van der Waals surface area contributed by atoms with Crippen molar-refractivity contribution >= 4 is 63.6 Å². The number of nitrogens with one attached hydrogen (secondary N) is 6. The largest absolute Gasteiger partial charge is 0.508 e. The minimum absolute atomic E-state index is 0.00331. The Bertz CT molecular complexity index is 2890. The lowest BCUT2D eigenvalue weighted by molar-refractivity contribution is -0.168. The number of hydrogen-bond donors (Lipinski definition) is 10. The number of fused-ring (bicyclic) bond motifs is 2. The van der Waals surface area contributed by atoms with Gasteiger partial charge in [0.15, 0.2) is 6.10 Å². The Labute approximate surface area is 468 Å². The fraction of sp³-hybridized carbons (Fsp3) is 0.463. The number of aliphatic hydroxyl groups excluding tert-OH is 1. The van der Waals surface area contributed by atoms with Gasteiger partial charge in [0, 0.05) is 27.0 Å². The quantitative estimate of drug-likeness (QED) is 0.0438. The normalized spacial score (nSPS) is 23.3. The van der Waals surface area contributed by atoms with Crippen molar-refractivity contribution in [3.63, 3.8) is 0 Å². The van der Waals surface area contributed by atoms with Crippen LogP contribution in [0.4, 0.5) is 0 Å². The number of likely N-dealkylation sites (N-methyl/N-ethyl adjacent to an activating group) is 1. The Hall–Kier alpha value is -7.98. The number of aromatic hydroxyl groups is 2. The Morgan fingerprint density at radius 1 is 0.790 bits per heavy atom. The molecule has 440 valence electrons. The zero-order valence-corrected chi connectivity index (χ0v) is 46.5. The fourth-order valence-electron chi connectivity index (χ4n) is 8.97. The zero-order valence-electron chi connectivity index (χ0n) is 45.7. The number of hydrogen-bond acceptors (Lipinski definition) is 17. The number of amides is 8. The molecule has 0 radical (unpaired) electrons. The third kappa shape index (κ3) is 18.0. The molecule has 10 N–H and O–H groups in total. The molecule has 10 atom stereocenters. The van der Waals surface area contributed by atoms with Crippen molar-refractivity contribution in [2.75, 3.05) is 20.8 Å². The van der Waals surface area contributed by atoms with Crippen LogP contribution in [0.5, 0.6) is 11.5 Å². The Kier molecular flexibility index (Phi) is 22.8. The lowest BCUT2D eigenvalue weighted by Crippen LogP contribution is -2.65. The van der Waals surface area contributed by atoms with Crippen LogP contribution in [0.3, 0.4) is 0 Å². The molecular weight excluding hydrogens is 1080 g/mol. The molecule has 2 saturated heterocycles. The van der Waals surface area contributed by atoms with Crippen molar-refractivity contribution in [1.29, 1.82) is 0 Å². The molecule has 27 heteroatoms. The summed E-state index contributed by atoms with van der Waals surface area (Å²) >= 11 is 0. The van der Waals surface area contributed by atoms with Crippen LogP contribution in [-0.4, -0.2) is 173 Å². The van der Waals surface area contributed by atoms with Crippen LogP contribution in [0.25, 0.3) is 0 Å². The highest BCUT2D eigenvalue weighted by molar-refractivity contribution is 7.80. The first-order valence-corrected chi connectivity index (χ1v) is 27.3. The standard InChI is InChI=1S/C54H70N8O18S/c1-8-37-47(67)58-39-24-25-43(78-7)62(52(39)72)41(27-33-12-10-9-11-13-33)53(73)61(6)40(26-34-16-21-36(64)22-17-34)49(69)59-44(29(2)3)54(74)80-31(5)45(51(71)56-37)60-48(68)38(23-18-32-14-19-35(63)20-15-32)57-46(66)30(4)55-50(70)42(65)28-79-81(75,76)77/h8-17,19-22,29-31,38-45,63-65H,18,23-28H2,1-7H3,(H,55,70)(H,56,71)(H,57,66)(H,58,67)(H,59,69)(H,60,68)(H,75,76,77)/b37-8-/t30-,31?,38-,39-,40-,41-,42+,43+,44-,45-/m0/s1. The second kappa shape index (κ2) is 28.9. The molecule has 2 aliphatic heterocycles. The van der Waals surface area contributed by atoms with Gasteiger partial charge in [-0.05, 0) is 93.3 Å². The number of piperidine rings is 1. The molecule has 2 aliphatic rings. The molecule has 81 heavy (non-hydrogen) atoms. The molecule has 5 rings (SSSR count). The number of carbonyl (C=O) groups is 9. The third-order valence-corrected chi connectivity index (χ3v) is 14.0. The average Bonchev–Trinajstić information content (AvgIpc) is 3.52. The lowest BCUT2D eigenvalue weighted by atomic mass is 9.95. The van der Waals surface area contributed by atoms with E-state index < -0.39 is 143 Å². The molecule has 2 heterocycles. The van der Waals surface area contributed by atoms with Crippen LogP contribution >= 0.6 is 0 Å². The molecule has 3 aromatic rings. The number of methoxy groups -OCH3 is 1. The number of nitrogens with zero attached hydrogens (tertiary/aromatic N) is 2. The Morgan fingerprint density at radius 2 is 1.38 bits per heavy atom. The van der Waals surface area contributed by atoms with Crippen LogP contribution in [-0.2, 0) is 86.5 Å². The topological polar surface area (TPSA) is 375 Å². The highest BCUT2D eigenvalue weighted by Crippen LogP contribution is 2.27. The molecule has 2 fully saturated rings. The van der Waals surface area contributed by atoms with Gasteiger partial charge in [0.05, 0.1) is 0 Å². The molecule has 0 aromatic heterocycles. The summed E-state index contributed by atoms with van der Waals surface area (Å²) in [6.45, 7) is 5.71. The predicted octanol–water partition coefficient (Wildman–Crippen LogP) is -0.448. The first kappa shape index (κ1) is 63.8. The van der Waals surface area contributed by atoms with Gasteiger partial charge in [-0.25, -0.2) is 8.98 Å². The van der Waals surface area contributed by atoms with E-state index in [0.717, 1.165) is 11.8 Å². The fourth-order valence-corrected chi connectivity index (χ4v) is 9.27. The number of phenols is 2. The first-order chi connectivity index (χ1) is 38.2. The molecule has 1 unspecified atom stereocenters. The van der Waals surface area contributed by atoms with Gasteiger partial charge in [-0.2, -0.15) is 8.42 Å². The molecule has 0 saturated carbocycles. The molecule has 0 spiro atoms. The number of allylic oxidation sites excluding steroid dienone is 1. The second-order valence-electron chi connectivity index (χ2n) is 19.9. The number of benzene rings is 3. The number of phenolic OH excluding ortho intramolecular Hbond substituents is 2. The van der Waals surface area contributed by atoms with Gasteiger partial charge in [0.2, 0.25) is 29.5 Å². The highest BCUT2D eigenvalue weighted by Gasteiger charge is 2.46. The van der Waals surface area contributed by atoms with Crippen LogP contribution in [0.2, 0.25) is 0 Å². The van der Waals surface area contributed by atoms with E-state index in [1.54, 1.807) is 44.2 Å². The predicted molar refractivity (Wildman–Crippen MR) is 287 cm³/mol. The van der Waals surface area contributed by atoms with Gasteiger partial charge >= 0.3 is 16.4 Å². The molecule has 0 aliphatic carbocycles. The van der Waals surface area contributed by atoms with Gasteiger partial charge in [-0.1, -0.05) is 74.5 Å². The lowest BCUT2D eigenvalue weighted by Gasteiger charge is -2.44. The van der Waals surface area contributed by atoms with Crippen molar-refractivity contribution in [2.45, 2.75) is 134 Å². The number of ether oxygens (including phenoxy) is 2. The molecular formula is C54H70N8O18S. The van der Waals surface area contributed by atoms with Gasteiger partial charge in [0.25, 0.3) is 17.7 Å². The van der Waals surface area contributed by atoms with Gasteiger partial charge in [0.1, 0.15) is 78.4 Å². The molecule has 2 bridgehead atoms. The third-order valence-electron chi connectivity index (χ3n) is 13.6. The van der Waals surface area contributed by atoms with E-state index in [-0.39, 0.29) is 50.0 Å². The Morgan fingerprint density at radius 3 is 1.96 bits per heavy atom. The number of aliphatic hydroxyl groups is 1. The Balaban J connectivity index is 1.56. The second-order valence-corrected chi connectivity index (χ2v) is 20.9. The summed E-state index contributed by atoms with van der Waals surface area (Å²) < 4.78 is 46.6. The molecule has 26 nitrogen and oxygen atoms in total. The number of cyclic esters (lactones) is 1. The van der Waals surface area contributed by atoms with Crippen LogP contribution in [0.1, 0.15) is 70.6 Å². The number of esters is 1. The maximum absolute atomic E-state index is 15.2. The van der Waals surface area contributed by atoms with Crippen molar-refractivity contribution < 1.29 is 85.1 Å². The van der Waals surface area contributed by atoms with Gasteiger partial charge in [-0.15, -0.1) is 0 Å². The van der Waals surface area contributed by atoms with E-state index in [2.05, 4.69) is 36.1 Å². The summed E-state index contributed by atoms with van der Waals surface area (Å²) in [5.41, 5.74) is 1.24. The van der Waals surface area contributed by atoms with E-state index in [1.165, 1.54) is 87.5 Å². The van der Waals surface area contributed by atoms with E-state index in [0.29, 0.717) is 16.7 Å². The highest BCUT2D eigenvalue weighted by atomic mass is 32.3. The van der Waals surface area contributed by atoms with E-state index in [9.17, 15) is 62.1 Å². The number of carbonyl (C=O) groups excluding carboxylic acids is 9. The van der Waals surface area contributed by atoms with Crippen LogP contribution in [0, 0.1) is 5.92 Å². The van der Waals surface area contributed by atoms with Crippen molar-refractivity contribution in [2.24, 2.45) is 5.92 Å². The summed E-state index contributed by atoms with van der Waals surface area (Å²) in [6, 6.07) is 9.78. The molecule has 3 aromatic carbocycles. The van der Waals surface area contributed by atoms with Crippen molar-refractivity contribution in [1.82, 2.24) is 41.7 Å². The monoisotopic (exact) mass is 1150 g/mol. The average molecular weight is 1150 g/mol. The SMILES string of the molecule is C/C=C1\NC(=O)[C@@H](NC(=O)[C@H](CCc2ccc(O)cc2)NC(=O)[C@H](C)NC(=O)[C@H](O)COS(=O)(=O)O)C(C)OC(=O)[C@H](C(C)C)NC(=O)[C@H](Cc2ccc(O)cc2)N(C)C(=O)[C@H](Cc2ccccc2)N2C(=O)[C@H](CC[C@H]2OC)NC1=O. The van der Waals surface area contributed by atoms with Crippen LogP contribution < -0.4 is 31.9 Å². The summed E-state index contributed by atoms with van der Waals surface area (Å²) in [5.74, 6) is -9.88. The van der Waals surface area contributed by atoms with E-state index in [1.807, 2.05) is 0 Å². The van der Waals surface area contributed by atoms with E-state index >= 15 is 4.79 Å². The van der Waals surface area contributed by atoms with Crippen molar-refractivity contribution in [3.8, 4) is 11.5 Å². The van der Waals surface area contributed by atoms with Crippen molar-refractivity contribution in [3.05, 3.63) is 107 Å². The summed E-state index contributed by atoms with van der Waals surface area (Å²) in [4.78, 5) is 132. The van der Waals surface area contributed by atoms with Crippen LogP contribution in [0.15, 0.2) is 90.6 Å². The first-order valence-electron chi connectivity index (χ1n) is 25.9. The number of rotatable bonds is 18. The van der Waals surface area contributed by atoms with Gasteiger partial charge < -0.3 is 66.5 Å². The number of aryl methyl sites for hydroxylation is 1. The summed E-state index contributed by atoms with van der Waals surface area (Å²) in [6.07, 6.45) is -3.99. The summed E-state index contributed by atoms with van der Waals surface area (Å²) in [7, 11) is -2.34.